The van der Waals surface area contributed by atoms with Crippen molar-refractivity contribution in [2.45, 2.75) is 26.5 Å². The normalized spacial score (nSPS) is 10.8. The van der Waals surface area contributed by atoms with E-state index in [9.17, 15) is 0 Å². The number of furan rings is 1. The molecule has 0 amide bonds. The second kappa shape index (κ2) is 15.0. The maximum absolute atomic E-state index is 5.68. The summed E-state index contributed by atoms with van der Waals surface area (Å²) < 4.78 is 16.5. The maximum atomic E-state index is 5.68. The van der Waals surface area contributed by atoms with Crippen molar-refractivity contribution in [1.82, 2.24) is 10.6 Å². The molecule has 0 saturated heterocycles. The zero-order chi connectivity index (χ0) is 19.2. The summed E-state index contributed by atoms with van der Waals surface area (Å²) in [5, 5.41) is 6.58. The topological polar surface area (TPSA) is 68.0 Å². The van der Waals surface area contributed by atoms with E-state index in [2.05, 4.69) is 22.2 Å². The molecule has 0 spiro atoms. The number of para-hydroxylation sites is 1. The van der Waals surface area contributed by atoms with Crippen molar-refractivity contribution in [2.75, 3.05) is 26.3 Å². The number of nitrogens with zero attached hydrogens (tertiary/aromatic N) is 1. The van der Waals surface area contributed by atoms with Crippen molar-refractivity contribution in [3.63, 3.8) is 0 Å². The molecule has 1 aromatic carbocycles. The molecule has 1 aromatic heterocycles. The van der Waals surface area contributed by atoms with E-state index in [1.807, 2.05) is 43.3 Å². The molecule has 0 radical (unpaired) electrons. The highest BCUT2D eigenvalue weighted by molar-refractivity contribution is 14.0. The summed E-state index contributed by atoms with van der Waals surface area (Å²) in [7, 11) is 0. The fourth-order valence-electron chi connectivity index (χ4n) is 2.38. The van der Waals surface area contributed by atoms with E-state index in [1.165, 1.54) is 0 Å². The van der Waals surface area contributed by atoms with Gasteiger partial charge in [-0.2, -0.15) is 0 Å². The number of nitrogens with one attached hydrogen (secondary N) is 2. The van der Waals surface area contributed by atoms with Crippen LogP contribution in [0.1, 0.15) is 24.7 Å². The lowest BCUT2D eigenvalue weighted by Gasteiger charge is -2.12. The number of benzene rings is 1. The average Bonchev–Trinajstić information content (AvgIpc) is 3.21. The Kier molecular flexibility index (Phi) is 12.9. The molecule has 2 N–H and O–H groups in total. The van der Waals surface area contributed by atoms with Crippen molar-refractivity contribution in [1.29, 1.82) is 0 Å². The van der Waals surface area contributed by atoms with Gasteiger partial charge in [-0.3, -0.25) is 0 Å². The molecule has 7 heteroatoms. The second-order valence-corrected chi connectivity index (χ2v) is 5.81. The Morgan fingerprint density at radius 2 is 2.07 bits per heavy atom. The van der Waals surface area contributed by atoms with Gasteiger partial charge >= 0.3 is 0 Å². The van der Waals surface area contributed by atoms with Crippen molar-refractivity contribution < 1.29 is 13.9 Å². The summed E-state index contributed by atoms with van der Waals surface area (Å²) in [5.74, 6) is 2.46. The monoisotopic (exact) mass is 499 g/mol. The highest BCUT2D eigenvalue weighted by Crippen LogP contribution is 2.18. The Balaban J connectivity index is 0.00000392. The van der Waals surface area contributed by atoms with Crippen LogP contribution < -0.4 is 15.4 Å². The molecule has 6 nitrogen and oxygen atoms in total. The number of halogens is 1. The van der Waals surface area contributed by atoms with Crippen molar-refractivity contribution in [3.05, 3.63) is 66.6 Å². The van der Waals surface area contributed by atoms with Gasteiger partial charge in [0.15, 0.2) is 5.96 Å². The van der Waals surface area contributed by atoms with Gasteiger partial charge in [0.05, 0.1) is 12.8 Å². The molecule has 28 heavy (non-hydrogen) atoms. The van der Waals surface area contributed by atoms with Crippen LogP contribution in [0.5, 0.6) is 5.75 Å². The number of hydrogen-bond donors (Lipinski definition) is 2. The van der Waals surface area contributed by atoms with Crippen LogP contribution >= 0.6 is 24.0 Å². The first-order valence-corrected chi connectivity index (χ1v) is 9.27. The Morgan fingerprint density at radius 1 is 1.21 bits per heavy atom. The van der Waals surface area contributed by atoms with Crippen molar-refractivity contribution in [2.24, 2.45) is 4.99 Å². The fraction of sp³-hybridized carbons (Fsp3) is 0.381. The van der Waals surface area contributed by atoms with E-state index < -0.39 is 0 Å². The Morgan fingerprint density at radius 3 is 2.82 bits per heavy atom. The lowest BCUT2D eigenvalue weighted by molar-refractivity contribution is 0.105. The molecule has 1 heterocycles. The minimum Gasteiger partial charge on any atom is -0.489 e. The van der Waals surface area contributed by atoms with Crippen LogP contribution in [0.15, 0.2) is 64.7 Å². The van der Waals surface area contributed by atoms with Gasteiger partial charge in [-0.1, -0.05) is 30.9 Å². The van der Waals surface area contributed by atoms with Crippen LogP contribution in [0.25, 0.3) is 0 Å². The third-order valence-corrected chi connectivity index (χ3v) is 3.66. The summed E-state index contributed by atoms with van der Waals surface area (Å²) in [4.78, 5) is 4.64. The fourth-order valence-corrected chi connectivity index (χ4v) is 2.38. The second-order valence-electron chi connectivity index (χ2n) is 5.81. The molecule has 0 aliphatic heterocycles. The number of ether oxygens (including phenoxy) is 2. The first-order valence-electron chi connectivity index (χ1n) is 9.27. The Labute approximate surface area is 184 Å². The van der Waals surface area contributed by atoms with E-state index in [0.717, 1.165) is 42.5 Å². The van der Waals surface area contributed by atoms with Gasteiger partial charge in [-0.25, -0.2) is 4.99 Å². The third-order valence-electron chi connectivity index (χ3n) is 3.66. The van der Waals surface area contributed by atoms with Crippen molar-refractivity contribution >= 4 is 29.9 Å². The molecule has 2 rings (SSSR count). The van der Waals surface area contributed by atoms with E-state index in [4.69, 9.17) is 13.9 Å². The van der Waals surface area contributed by atoms with Crippen LogP contribution in [-0.4, -0.2) is 32.3 Å². The van der Waals surface area contributed by atoms with Crippen molar-refractivity contribution in [3.8, 4) is 5.75 Å². The molecule has 0 unspecified atom stereocenters. The minimum atomic E-state index is 0. The Hall–Kier alpha value is -2.00. The van der Waals surface area contributed by atoms with E-state index >= 15 is 0 Å². The standard InChI is InChI=1S/C21H29N3O3.HI/c1-3-13-27-20-11-6-5-9-18(20)16-24-21(22-4-2)23-12-8-14-25-17-19-10-7-15-26-19;/h3,5-7,9-11,15H,1,4,8,12-14,16-17H2,2H3,(H2,22,23,24);1H. The number of rotatable bonds is 12. The molecular weight excluding hydrogens is 469 g/mol. The molecular formula is C21H30IN3O3. The van der Waals surface area contributed by atoms with Gasteiger partial charge in [0.25, 0.3) is 0 Å². The lowest BCUT2D eigenvalue weighted by atomic mass is 10.2. The summed E-state index contributed by atoms with van der Waals surface area (Å²) >= 11 is 0. The Bertz CT molecular complexity index is 690. The molecule has 0 bridgehead atoms. The number of aliphatic imine (C=N–C) groups is 1. The van der Waals surface area contributed by atoms with Crippen LogP contribution in [0.3, 0.4) is 0 Å². The maximum Gasteiger partial charge on any atom is 0.191 e. The van der Waals surface area contributed by atoms with E-state index in [1.54, 1.807) is 12.3 Å². The van der Waals surface area contributed by atoms with Gasteiger partial charge in [0.1, 0.15) is 24.7 Å². The smallest absolute Gasteiger partial charge is 0.191 e. The zero-order valence-electron chi connectivity index (χ0n) is 16.4. The highest BCUT2D eigenvalue weighted by atomic mass is 127. The first kappa shape index (κ1) is 24.0. The average molecular weight is 499 g/mol. The van der Waals surface area contributed by atoms with Gasteiger partial charge in [0, 0.05) is 25.3 Å². The van der Waals surface area contributed by atoms with Gasteiger partial charge in [-0.05, 0) is 31.5 Å². The largest absolute Gasteiger partial charge is 0.489 e. The highest BCUT2D eigenvalue weighted by Gasteiger charge is 2.03. The summed E-state index contributed by atoms with van der Waals surface area (Å²) in [6.07, 6.45) is 4.27. The first-order chi connectivity index (χ1) is 13.3. The van der Waals surface area contributed by atoms with E-state index in [-0.39, 0.29) is 24.0 Å². The molecule has 2 aromatic rings. The molecule has 154 valence electrons. The SMILES string of the molecule is C=CCOc1ccccc1CN=C(NCC)NCCCOCc1ccco1.I. The molecule has 0 fully saturated rings. The van der Waals surface area contributed by atoms with E-state index in [0.29, 0.717) is 26.4 Å². The molecule has 0 aliphatic carbocycles. The summed E-state index contributed by atoms with van der Waals surface area (Å²) in [6, 6.07) is 11.7. The van der Waals surface area contributed by atoms with Gasteiger partial charge < -0.3 is 24.5 Å². The quantitative estimate of drug-likeness (QED) is 0.151. The van der Waals surface area contributed by atoms with Crippen LogP contribution in [0.4, 0.5) is 0 Å². The lowest BCUT2D eigenvalue weighted by Crippen LogP contribution is -2.38. The predicted molar refractivity (Wildman–Crippen MR) is 123 cm³/mol. The van der Waals surface area contributed by atoms with Crippen LogP contribution in [-0.2, 0) is 17.9 Å². The minimum absolute atomic E-state index is 0. The van der Waals surface area contributed by atoms with Gasteiger partial charge in [-0.15, -0.1) is 24.0 Å². The molecule has 0 aliphatic rings. The summed E-state index contributed by atoms with van der Waals surface area (Å²) in [6.45, 7) is 9.49. The number of guanidine groups is 1. The molecule has 0 saturated carbocycles. The van der Waals surface area contributed by atoms with Crippen LogP contribution in [0, 0.1) is 0 Å². The van der Waals surface area contributed by atoms with Gasteiger partial charge in [0.2, 0.25) is 0 Å². The molecule has 0 atom stereocenters. The summed E-state index contributed by atoms with van der Waals surface area (Å²) in [5.41, 5.74) is 1.04. The van der Waals surface area contributed by atoms with Crippen LogP contribution in [0.2, 0.25) is 0 Å². The third kappa shape index (κ3) is 9.27. The predicted octanol–water partition coefficient (Wildman–Crippen LogP) is 4.12. The number of hydrogen-bond acceptors (Lipinski definition) is 4. The zero-order valence-corrected chi connectivity index (χ0v) is 18.7.